The van der Waals surface area contributed by atoms with E-state index in [2.05, 4.69) is 5.32 Å². The van der Waals surface area contributed by atoms with Crippen LogP contribution in [0.2, 0.25) is 0 Å². The van der Waals surface area contributed by atoms with E-state index in [0.717, 1.165) is 16.7 Å². The zero-order valence-corrected chi connectivity index (χ0v) is 19.9. The first-order valence-corrected chi connectivity index (χ1v) is 11.1. The van der Waals surface area contributed by atoms with Gasteiger partial charge in [0.25, 0.3) is 11.8 Å². The predicted octanol–water partition coefficient (Wildman–Crippen LogP) is 4.72. The molecule has 6 nitrogen and oxygen atoms in total. The minimum absolute atomic E-state index is 0.0197. The Kier molecular flexibility index (Phi) is 6.75. The molecule has 7 heteroatoms. The summed E-state index contributed by atoms with van der Waals surface area (Å²) in [7, 11) is 1.56. The molecule has 0 bridgehead atoms. The third-order valence-electron chi connectivity index (χ3n) is 5.44. The quantitative estimate of drug-likeness (QED) is 0.319. The SMILES string of the molecule is COc1ccc(/C=C2\C(=O)NC(=S)N(c3cc(C)ccc3C)C2=O)cc1OCc1ccccc1. The Labute approximate surface area is 203 Å². The molecule has 1 heterocycles. The van der Waals surface area contributed by atoms with Crippen LogP contribution in [0.5, 0.6) is 11.5 Å². The van der Waals surface area contributed by atoms with E-state index in [1.807, 2.05) is 62.4 Å². The van der Waals surface area contributed by atoms with Crippen molar-refractivity contribution in [3.63, 3.8) is 0 Å². The molecule has 0 saturated carbocycles. The minimum atomic E-state index is -0.542. The molecule has 0 aromatic heterocycles. The van der Waals surface area contributed by atoms with Gasteiger partial charge in [-0.15, -0.1) is 0 Å². The van der Waals surface area contributed by atoms with Crippen LogP contribution < -0.4 is 19.7 Å². The van der Waals surface area contributed by atoms with Crippen LogP contribution in [0.4, 0.5) is 5.69 Å². The number of rotatable bonds is 6. The number of hydrogen-bond acceptors (Lipinski definition) is 5. The van der Waals surface area contributed by atoms with Crippen molar-refractivity contribution in [3.8, 4) is 11.5 Å². The molecular formula is C27H24N2O4S. The number of nitrogens with zero attached hydrogens (tertiary/aromatic N) is 1. The van der Waals surface area contributed by atoms with Crippen molar-refractivity contribution in [2.45, 2.75) is 20.5 Å². The number of methoxy groups -OCH3 is 1. The molecule has 0 spiro atoms. The first kappa shape index (κ1) is 23.2. The molecule has 1 saturated heterocycles. The normalized spacial score (nSPS) is 14.9. The summed E-state index contributed by atoms with van der Waals surface area (Å²) in [5, 5.41) is 2.69. The number of thiocarbonyl (C=S) groups is 1. The highest BCUT2D eigenvalue weighted by molar-refractivity contribution is 7.80. The number of carbonyl (C=O) groups is 2. The number of carbonyl (C=O) groups excluding carboxylic acids is 2. The van der Waals surface area contributed by atoms with Crippen molar-refractivity contribution in [2.75, 3.05) is 12.0 Å². The molecule has 4 rings (SSSR count). The second-order valence-electron chi connectivity index (χ2n) is 7.93. The van der Waals surface area contributed by atoms with Crippen LogP contribution in [0.15, 0.2) is 72.3 Å². The van der Waals surface area contributed by atoms with Gasteiger partial charge in [0.05, 0.1) is 12.8 Å². The molecule has 172 valence electrons. The highest BCUT2D eigenvalue weighted by atomic mass is 32.1. The van der Waals surface area contributed by atoms with Crippen molar-refractivity contribution >= 4 is 40.9 Å². The average molecular weight is 473 g/mol. The largest absolute Gasteiger partial charge is 0.493 e. The van der Waals surface area contributed by atoms with Crippen molar-refractivity contribution in [1.29, 1.82) is 0 Å². The predicted molar refractivity (Wildman–Crippen MR) is 136 cm³/mol. The van der Waals surface area contributed by atoms with Crippen molar-refractivity contribution < 1.29 is 19.1 Å². The zero-order valence-electron chi connectivity index (χ0n) is 19.1. The van der Waals surface area contributed by atoms with E-state index in [9.17, 15) is 9.59 Å². The standard InChI is InChI=1S/C27H24N2O4S/c1-17-9-10-18(2)22(13-17)29-26(31)21(25(30)28-27(29)34)14-20-11-12-23(32-3)24(15-20)33-16-19-7-5-4-6-8-19/h4-15H,16H2,1-3H3,(H,28,30,34)/b21-14+. The molecular weight excluding hydrogens is 448 g/mol. The van der Waals surface area contributed by atoms with E-state index in [0.29, 0.717) is 29.4 Å². The van der Waals surface area contributed by atoms with Gasteiger partial charge < -0.3 is 9.47 Å². The number of nitrogens with one attached hydrogen (secondary N) is 1. The Hall–Kier alpha value is -3.97. The van der Waals surface area contributed by atoms with Gasteiger partial charge in [-0.3, -0.25) is 19.8 Å². The van der Waals surface area contributed by atoms with E-state index >= 15 is 0 Å². The van der Waals surface area contributed by atoms with Gasteiger partial charge in [0.2, 0.25) is 0 Å². The van der Waals surface area contributed by atoms with Gasteiger partial charge in [-0.1, -0.05) is 48.5 Å². The van der Waals surface area contributed by atoms with E-state index in [4.69, 9.17) is 21.7 Å². The summed E-state index contributed by atoms with van der Waals surface area (Å²) in [4.78, 5) is 27.4. The van der Waals surface area contributed by atoms with Gasteiger partial charge in [-0.25, -0.2) is 0 Å². The van der Waals surface area contributed by atoms with E-state index in [1.54, 1.807) is 25.3 Å². The summed E-state index contributed by atoms with van der Waals surface area (Å²) in [6.45, 7) is 4.18. The molecule has 2 amide bonds. The fourth-order valence-corrected chi connectivity index (χ4v) is 3.91. The van der Waals surface area contributed by atoms with E-state index in [1.165, 1.54) is 11.0 Å². The summed E-state index contributed by atoms with van der Waals surface area (Å²) in [5.41, 5.74) is 4.10. The molecule has 34 heavy (non-hydrogen) atoms. The summed E-state index contributed by atoms with van der Waals surface area (Å²) in [6.07, 6.45) is 1.53. The van der Waals surface area contributed by atoms with Crippen LogP contribution in [0, 0.1) is 13.8 Å². The molecule has 0 unspecified atom stereocenters. The van der Waals surface area contributed by atoms with Gasteiger partial charge in [0.15, 0.2) is 16.6 Å². The lowest BCUT2D eigenvalue weighted by Gasteiger charge is -2.30. The molecule has 1 aliphatic heterocycles. The van der Waals surface area contributed by atoms with E-state index in [-0.39, 0.29) is 10.7 Å². The Balaban J connectivity index is 1.66. The van der Waals surface area contributed by atoms with Crippen LogP contribution in [-0.2, 0) is 16.2 Å². The molecule has 1 aliphatic rings. The number of hydrogen-bond donors (Lipinski definition) is 1. The van der Waals surface area contributed by atoms with Crippen LogP contribution in [-0.4, -0.2) is 24.0 Å². The Morgan fingerprint density at radius 3 is 2.47 bits per heavy atom. The number of aryl methyl sites for hydroxylation is 2. The van der Waals surface area contributed by atoms with Crippen LogP contribution >= 0.6 is 12.2 Å². The van der Waals surface area contributed by atoms with Gasteiger partial charge in [-0.2, -0.15) is 0 Å². The highest BCUT2D eigenvalue weighted by Gasteiger charge is 2.35. The number of anilines is 1. The maximum atomic E-state index is 13.4. The number of benzene rings is 3. The lowest BCUT2D eigenvalue weighted by molar-refractivity contribution is -0.122. The summed E-state index contributed by atoms with van der Waals surface area (Å²) < 4.78 is 11.4. The van der Waals surface area contributed by atoms with E-state index < -0.39 is 11.8 Å². The minimum Gasteiger partial charge on any atom is -0.493 e. The van der Waals surface area contributed by atoms with Crippen molar-refractivity contribution in [1.82, 2.24) is 5.32 Å². The summed E-state index contributed by atoms with van der Waals surface area (Å²) in [5.74, 6) is 0.0334. The molecule has 1 N–H and O–H groups in total. The molecule has 0 radical (unpaired) electrons. The summed E-state index contributed by atoms with van der Waals surface area (Å²) in [6, 6.07) is 20.7. The van der Waals surface area contributed by atoms with Crippen LogP contribution in [0.3, 0.4) is 0 Å². The third kappa shape index (κ3) is 4.84. The summed E-state index contributed by atoms with van der Waals surface area (Å²) >= 11 is 5.33. The molecule has 3 aromatic rings. The average Bonchev–Trinajstić information content (AvgIpc) is 2.83. The van der Waals surface area contributed by atoms with Crippen molar-refractivity contribution in [2.24, 2.45) is 0 Å². The maximum absolute atomic E-state index is 13.4. The van der Waals surface area contributed by atoms with Gasteiger partial charge in [-0.05, 0) is 72.6 Å². The second kappa shape index (κ2) is 9.89. The lowest BCUT2D eigenvalue weighted by atomic mass is 10.0. The first-order chi connectivity index (χ1) is 16.4. The smallest absolute Gasteiger partial charge is 0.270 e. The Bertz CT molecular complexity index is 1300. The Morgan fingerprint density at radius 1 is 0.971 bits per heavy atom. The van der Waals surface area contributed by atoms with Crippen LogP contribution in [0.1, 0.15) is 22.3 Å². The van der Waals surface area contributed by atoms with Gasteiger partial charge in [0, 0.05) is 0 Å². The zero-order chi connectivity index (χ0) is 24.2. The van der Waals surface area contributed by atoms with Crippen LogP contribution in [0.25, 0.3) is 6.08 Å². The fraction of sp³-hybridized carbons (Fsp3) is 0.148. The monoisotopic (exact) mass is 472 g/mol. The fourth-order valence-electron chi connectivity index (χ4n) is 3.63. The lowest BCUT2D eigenvalue weighted by Crippen LogP contribution is -2.54. The molecule has 0 atom stereocenters. The maximum Gasteiger partial charge on any atom is 0.270 e. The van der Waals surface area contributed by atoms with Gasteiger partial charge >= 0.3 is 0 Å². The Morgan fingerprint density at radius 2 is 1.74 bits per heavy atom. The third-order valence-corrected chi connectivity index (χ3v) is 5.73. The second-order valence-corrected chi connectivity index (χ2v) is 8.32. The molecule has 0 aliphatic carbocycles. The molecule has 1 fully saturated rings. The number of amides is 2. The topological polar surface area (TPSA) is 67.9 Å². The van der Waals surface area contributed by atoms with Gasteiger partial charge in [0.1, 0.15) is 12.2 Å². The molecule has 3 aromatic carbocycles. The highest BCUT2D eigenvalue weighted by Crippen LogP contribution is 2.31. The van der Waals surface area contributed by atoms with Crippen molar-refractivity contribution in [3.05, 3.63) is 94.6 Å². The first-order valence-electron chi connectivity index (χ1n) is 10.7. The number of ether oxygens (including phenoxy) is 2.